The third-order valence-corrected chi connectivity index (χ3v) is 6.10. The van der Waals surface area contributed by atoms with E-state index in [4.69, 9.17) is 0 Å². The van der Waals surface area contributed by atoms with Crippen molar-refractivity contribution in [2.75, 3.05) is 0 Å². The first-order valence-electron chi connectivity index (χ1n) is 7.31. The quantitative estimate of drug-likeness (QED) is 0.885. The van der Waals surface area contributed by atoms with Crippen LogP contribution in [0.3, 0.4) is 0 Å². The van der Waals surface area contributed by atoms with Crippen molar-refractivity contribution < 1.29 is 9.59 Å². The molecule has 1 saturated heterocycles. The number of rotatable bonds is 4. The summed E-state index contributed by atoms with van der Waals surface area (Å²) in [6, 6.07) is 1.30. The highest BCUT2D eigenvalue weighted by Gasteiger charge is 2.48. The van der Waals surface area contributed by atoms with Crippen molar-refractivity contribution in [1.29, 1.82) is 0 Å². The zero-order chi connectivity index (χ0) is 15.1. The van der Waals surface area contributed by atoms with Gasteiger partial charge in [0.25, 0.3) is 0 Å². The summed E-state index contributed by atoms with van der Waals surface area (Å²) in [7, 11) is 0. The van der Waals surface area contributed by atoms with Gasteiger partial charge in [0.15, 0.2) is 0 Å². The van der Waals surface area contributed by atoms with Gasteiger partial charge in [-0.2, -0.15) is 0 Å². The Hall–Kier alpha value is -0.880. The summed E-state index contributed by atoms with van der Waals surface area (Å²) in [5.41, 5.74) is 0. The molecule has 3 rings (SSSR count). The molecular weight excluding hydrogens is 352 g/mol. The lowest BCUT2D eigenvalue weighted by Gasteiger charge is -2.40. The minimum absolute atomic E-state index is 0.0171. The third kappa shape index (κ3) is 2.88. The fourth-order valence-electron chi connectivity index (χ4n) is 2.86. The molecule has 2 heterocycles. The van der Waals surface area contributed by atoms with Crippen LogP contribution in [-0.2, 0) is 16.1 Å². The van der Waals surface area contributed by atoms with Crippen molar-refractivity contribution in [1.82, 2.24) is 10.2 Å². The Bertz CT molecular complexity index is 568. The first-order valence-corrected chi connectivity index (χ1v) is 8.99. The Morgan fingerprint density at radius 3 is 2.67 bits per heavy atom. The van der Waals surface area contributed by atoms with Crippen molar-refractivity contribution in [3.63, 3.8) is 0 Å². The number of nitrogens with one attached hydrogen (secondary N) is 1. The molecule has 2 amide bonds. The number of carbonyl (C=O) groups is 2. The summed E-state index contributed by atoms with van der Waals surface area (Å²) in [6.07, 6.45) is 2.08. The van der Waals surface area contributed by atoms with Crippen LogP contribution in [0.25, 0.3) is 0 Å². The van der Waals surface area contributed by atoms with Gasteiger partial charge in [0.2, 0.25) is 11.8 Å². The summed E-state index contributed by atoms with van der Waals surface area (Å²) >= 11 is 5.13. The number of thiophene rings is 1. The van der Waals surface area contributed by atoms with Gasteiger partial charge in [-0.3, -0.25) is 9.59 Å². The number of hydrogen-bond acceptors (Lipinski definition) is 3. The lowest BCUT2D eigenvalue weighted by atomic mass is 9.96. The molecule has 0 spiro atoms. The lowest BCUT2D eigenvalue weighted by molar-refractivity contribution is -0.152. The highest BCUT2D eigenvalue weighted by Crippen LogP contribution is 2.38. The molecule has 1 N–H and O–H groups in total. The normalized spacial score (nSPS) is 26.4. The van der Waals surface area contributed by atoms with Crippen LogP contribution in [0.5, 0.6) is 0 Å². The maximum Gasteiger partial charge on any atom is 0.246 e. The second-order valence-electron chi connectivity index (χ2n) is 6.17. The van der Waals surface area contributed by atoms with Gasteiger partial charge in [-0.1, -0.05) is 13.8 Å². The fourth-order valence-corrected chi connectivity index (χ4v) is 4.33. The van der Waals surface area contributed by atoms with Gasteiger partial charge >= 0.3 is 0 Å². The molecule has 1 aromatic heterocycles. The van der Waals surface area contributed by atoms with Crippen LogP contribution in [0.1, 0.15) is 31.6 Å². The van der Waals surface area contributed by atoms with Gasteiger partial charge in [0.1, 0.15) is 12.1 Å². The van der Waals surface area contributed by atoms with Crippen LogP contribution in [0.4, 0.5) is 0 Å². The minimum atomic E-state index is -0.397. The number of carbonyl (C=O) groups excluding carboxylic acids is 2. The SMILES string of the molecule is CC(C)C1NC(=O)C(C2CC2)N(Cc2sccc2Br)C1=O. The van der Waals surface area contributed by atoms with Gasteiger partial charge < -0.3 is 10.2 Å². The van der Waals surface area contributed by atoms with Crippen molar-refractivity contribution in [3.05, 3.63) is 20.8 Å². The zero-order valence-electron chi connectivity index (χ0n) is 12.1. The monoisotopic (exact) mass is 370 g/mol. The molecule has 2 atom stereocenters. The van der Waals surface area contributed by atoms with Crippen LogP contribution in [-0.4, -0.2) is 28.8 Å². The minimum Gasteiger partial charge on any atom is -0.342 e. The molecule has 6 heteroatoms. The standard InChI is InChI=1S/C15H19BrN2O2S/c1-8(2)12-15(20)18(7-11-10(16)5-6-21-11)13(9-3-4-9)14(19)17-12/h5-6,8-9,12-13H,3-4,7H2,1-2H3,(H,17,19). The topological polar surface area (TPSA) is 49.4 Å². The van der Waals surface area contributed by atoms with Crippen molar-refractivity contribution in [3.8, 4) is 0 Å². The van der Waals surface area contributed by atoms with E-state index < -0.39 is 6.04 Å². The molecule has 4 nitrogen and oxygen atoms in total. The Balaban J connectivity index is 1.88. The predicted octanol–water partition coefficient (Wildman–Crippen LogP) is 2.77. The predicted molar refractivity (Wildman–Crippen MR) is 85.8 cm³/mol. The Morgan fingerprint density at radius 1 is 1.43 bits per heavy atom. The Labute approximate surface area is 137 Å². The second-order valence-corrected chi connectivity index (χ2v) is 8.03. The van der Waals surface area contributed by atoms with E-state index in [-0.39, 0.29) is 23.8 Å². The molecular formula is C15H19BrN2O2S. The van der Waals surface area contributed by atoms with E-state index in [1.807, 2.05) is 25.3 Å². The van der Waals surface area contributed by atoms with Crippen LogP contribution in [0.2, 0.25) is 0 Å². The van der Waals surface area contributed by atoms with Crippen molar-refractivity contribution >= 4 is 39.1 Å². The van der Waals surface area contributed by atoms with E-state index in [0.29, 0.717) is 12.5 Å². The second kappa shape index (κ2) is 5.72. The van der Waals surface area contributed by atoms with E-state index in [2.05, 4.69) is 21.2 Å². The summed E-state index contributed by atoms with van der Waals surface area (Å²) in [5, 5.41) is 4.92. The number of piperazine rings is 1. The number of nitrogens with zero attached hydrogens (tertiary/aromatic N) is 1. The van der Waals surface area contributed by atoms with Gasteiger partial charge in [0, 0.05) is 9.35 Å². The van der Waals surface area contributed by atoms with Gasteiger partial charge in [-0.05, 0) is 52.1 Å². The maximum absolute atomic E-state index is 12.8. The number of amides is 2. The van der Waals surface area contributed by atoms with E-state index >= 15 is 0 Å². The van der Waals surface area contributed by atoms with Crippen LogP contribution in [0, 0.1) is 11.8 Å². The van der Waals surface area contributed by atoms with E-state index in [1.165, 1.54) is 0 Å². The highest BCUT2D eigenvalue weighted by atomic mass is 79.9. The maximum atomic E-state index is 12.8. The number of halogens is 1. The molecule has 0 bridgehead atoms. The molecule has 2 aliphatic rings. The number of hydrogen-bond donors (Lipinski definition) is 1. The smallest absolute Gasteiger partial charge is 0.246 e. The van der Waals surface area contributed by atoms with E-state index in [1.54, 1.807) is 16.2 Å². The van der Waals surface area contributed by atoms with Gasteiger partial charge in [0.05, 0.1) is 6.54 Å². The van der Waals surface area contributed by atoms with E-state index in [0.717, 1.165) is 22.2 Å². The van der Waals surface area contributed by atoms with Gasteiger partial charge in [-0.15, -0.1) is 11.3 Å². The summed E-state index contributed by atoms with van der Waals surface area (Å²) in [5.74, 6) is 0.516. The van der Waals surface area contributed by atoms with Crippen molar-refractivity contribution in [2.45, 2.75) is 45.3 Å². The van der Waals surface area contributed by atoms with E-state index in [9.17, 15) is 9.59 Å². The first-order chi connectivity index (χ1) is 9.99. The molecule has 0 radical (unpaired) electrons. The average Bonchev–Trinajstić information content (AvgIpc) is 3.17. The molecule has 1 aliphatic carbocycles. The fraction of sp³-hybridized carbons (Fsp3) is 0.600. The highest BCUT2D eigenvalue weighted by molar-refractivity contribution is 9.10. The molecule has 21 heavy (non-hydrogen) atoms. The summed E-state index contributed by atoms with van der Waals surface area (Å²) < 4.78 is 1.02. The summed E-state index contributed by atoms with van der Waals surface area (Å²) in [4.78, 5) is 28.1. The average molecular weight is 371 g/mol. The molecule has 1 aromatic rings. The van der Waals surface area contributed by atoms with Gasteiger partial charge in [-0.25, -0.2) is 0 Å². The summed E-state index contributed by atoms with van der Waals surface area (Å²) in [6.45, 7) is 4.47. The van der Waals surface area contributed by atoms with Crippen molar-refractivity contribution in [2.24, 2.45) is 11.8 Å². The lowest BCUT2D eigenvalue weighted by Crippen LogP contribution is -2.65. The van der Waals surface area contributed by atoms with Crippen LogP contribution in [0.15, 0.2) is 15.9 Å². The third-order valence-electron chi connectivity index (χ3n) is 4.19. The Kier molecular flexibility index (Phi) is 4.10. The molecule has 114 valence electrons. The molecule has 2 unspecified atom stereocenters. The Morgan fingerprint density at radius 2 is 2.14 bits per heavy atom. The van der Waals surface area contributed by atoms with Crippen LogP contribution < -0.4 is 5.32 Å². The zero-order valence-corrected chi connectivity index (χ0v) is 14.5. The molecule has 2 fully saturated rings. The molecule has 1 aliphatic heterocycles. The molecule has 0 aromatic carbocycles. The first kappa shape index (κ1) is 15.0. The largest absolute Gasteiger partial charge is 0.342 e. The van der Waals surface area contributed by atoms with Crippen LogP contribution >= 0.6 is 27.3 Å². The molecule has 1 saturated carbocycles.